The average Bonchev–Trinajstić information content (AvgIpc) is 1.44. The smallest absolute Gasteiger partial charge is 0.322 e. The summed E-state index contributed by atoms with van der Waals surface area (Å²) in [5, 5.41) is 3.58. The van der Waals surface area contributed by atoms with E-state index in [0.29, 0.717) is 77.6 Å². The van der Waals surface area contributed by atoms with Crippen LogP contribution in [0.2, 0.25) is 5.02 Å². The van der Waals surface area contributed by atoms with Crippen molar-refractivity contribution >= 4 is 90.3 Å². The van der Waals surface area contributed by atoms with Crippen molar-refractivity contribution in [1.82, 2.24) is 88.0 Å². The van der Waals surface area contributed by atoms with Gasteiger partial charge in [-0.3, -0.25) is 43.9 Å². The van der Waals surface area contributed by atoms with Crippen LogP contribution in [-0.4, -0.2) is 94.6 Å². The van der Waals surface area contributed by atoms with Gasteiger partial charge >= 0.3 is 22.8 Å². The van der Waals surface area contributed by atoms with Crippen LogP contribution in [-0.2, 0) is 71.1 Å². The van der Waals surface area contributed by atoms with Crippen molar-refractivity contribution in [3.63, 3.8) is 0 Å². The molecule has 22 rings (SSSR count). The topological polar surface area (TPSA) is 384 Å². The average molecular weight is 1970 g/mol. The Morgan fingerprint density at radius 1 is 0.336 bits per heavy atom. The van der Waals surface area contributed by atoms with E-state index >= 15 is 0 Å². The maximum atomic E-state index is 12.5. The molecule has 29 nitrogen and oxygen atoms in total. The van der Waals surface area contributed by atoms with Gasteiger partial charge in [-0.05, 0) is 319 Å². The summed E-state index contributed by atoms with van der Waals surface area (Å²) in [5.74, 6) is 2.62. The highest BCUT2D eigenvalue weighted by molar-refractivity contribution is 6.31. The summed E-state index contributed by atoms with van der Waals surface area (Å²) in [6.07, 6.45) is 13.1. The molecule has 11 aromatic carbocycles. The van der Waals surface area contributed by atoms with Gasteiger partial charge in [-0.1, -0.05) is 183 Å². The predicted molar refractivity (Wildman–Crippen MR) is 578 cm³/mol. The molecule has 9 aliphatic heterocycles. The van der Waals surface area contributed by atoms with E-state index in [2.05, 4.69) is 267 Å². The van der Waals surface area contributed by atoms with E-state index in [0.717, 1.165) is 172 Å². The first-order chi connectivity index (χ1) is 70.4. The van der Waals surface area contributed by atoms with Gasteiger partial charge in [0.05, 0.1) is 55.5 Å². The molecular formula is C116H113ClN20O9. The SMILES string of the molecule is C=c1nc2c(c(=O)[nH]1)=Nc1cc(C)c(C3CC3)cc1N2CCCc1ccccc1.CCc1cc2nc3c(=O)[nH]c(=O)nc-3n(CCCc3ccc(C)cc3)c2cc1C.CCc1ccc2c(c1)nc1c(=O)[nH]c(=O)nc-1n2CCCc1cccc(C)c1.Cc1cc2nc3c(=O)[nH]c(=O)nc-3n(CCCc3ccc(Cl)c(C)c3)c2cc1C.Cc1cc2nc3c(=O)[nH]c(=O)nc-3n(CCCc3ccc4ccccc4c3)c2cc1C. The molecule has 10 aliphatic rings. The van der Waals surface area contributed by atoms with Crippen LogP contribution in [0, 0.1) is 62.3 Å². The van der Waals surface area contributed by atoms with Crippen molar-refractivity contribution in [1.29, 1.82) is 0 Å². The van der Waals surface area contributed by atoms with Crippen LogP contribution in [0.15, 0.2) is 254 Å². The van der Waals surface area contributed by atoms with Crippen molar-refractivity contribution in [2.75, 3.05) is 11.4 Å². The first-order valence-electron chi connectivity index (χ1n) is 49.6. The number of benzene rings is 11. The largest absolute Gasteiger partial charge is 0.349 e. The zero-order valence-electron chi connectivity index (χ0n) is 83.6. The number of aryl methyl sites for hydroxylation is 20. The Hall–Kier alpha value is -16.6. The van der Waals surface area contributed by atoms with Crippen molar-refractivity contribution in [3.05, 3.63) is 410 Å². The fourth-order valence-electron chi connectivity index (χ4n) is 19.3. The zero-order chi connectivity index (χ0) is 102. The number of rotatable bonds is 23. The summed E-state index contributed by atoms with van der Waals surface area (Å²) in [7, 11) is 0. The van der Waals surface area contributed by atoms with Gasteiger partial charge in [0.25, 0.3) is 27.8 Å². The van der Waals surface area contributed by atoms with E-state index in [1.807, 2.05) is 120 Å². The van der Waals surface area contributed by atoms with Crippen LogP contribution < -0.4 is 66.3 Å². The fraction of sp³-hybridized carbons (Fsp3) is 0.267. The van der Waals surface area contributed by atoms with Crippen LogP contribution in [0.5, 0.6) is 0 Å². The standard InChI is InChI=1S/C25H22N4O2.C24H24N4O.C23H24N4O2.C22H21ClN4O2.C22H22N4O2/c1-15-12-20-21(13-16(15)2)29(23-22(26-20)24(30)28-25(31)27-23)11-5-6-17-9-10-18-7-3-4-8-19(18)14-17;1-15-13-20-21(14-19(15)18-10-11-18)28(12-6-9-17-7-4-3-5-8-17)23-22(27-20)24(29)26-16(2)25-23;1-4-17-13-18-19(12-15(17)3)27(11-5-6-16-9-7-14(2)8-10-16)21-20(24-18)22(28)26-23(29)25-21;1-12-10-17-18(11-13(12)2)27(20-19(24-17)21(28)26-22(29)25-20)8-4-5-15-6-7-16(23)14(3)9-15;1-3-15-9-10-18-17(13-15)23-19-20(24-22(28)25-21(19)27)26(18)11-5-8-16-7-4-6-14(2)12-16/h3-4,7-10,12-14H,5-6,11H2,1-2H3,(H,28,30,31);3-5,7-8,13-14,18H,2,6,9-12H2,1H3,(H,26,29);7-10,12-13H,4-6,11H2,1-3H3,(H,26,28,29);6-7,9-11H,4-5,8H2,1-3H3,(H,26,28,29);4,6-7,9-10,12-13H,3,5,8,11H2,1-2H3,(H,25,27,28). The normalized spacial score (nSPS) is 12.1. The monoisotopic (exact) mass is 1960 g/mol. The second kappa shape index (κ2) is 43.3. The Morgan fingerprint density at radius 3 is 1.27 bits per heavy atom. The zero-order valence-corrected chi connectivity index (χ0v) is 84.4. The minimum Gasteiger partial charge on any atom is -0.322 e. The number of aromatic amines is 5. The summed E-state index contributed by atoms with van der Waals surface area (Å²) in [6, 6.07) is 70.9. The minimum absolute atomic E-state index is 0.183. The second-order valence-corrected chi connectivity index (χ2v) is 38.4. The molecule has 0 atom stereocenters. The Bertz CT molecular complexity index is 9010. The highest BCUT2D eigenvalue weighted by atomic mass is 35.5. The summed E-state index contributed by atoms with van der Waals surface area (Å²) in [4.78, 5) is 167. The fourth-order valence-corrected chi connectivity index (χ4v) is 19.4. The van der Waals surface area contributed by atoms with Gasteiger partial charge in [-0.2, -0.15) is 19.9 Å². The predicted octanol–water partition coefficient (Wildman–Crippen LogP) is 17.7. The van der Waals surface area contributed by atoms with Gasteiger partial charge in [0.15, 0.2) is 57.2 Å². The molecule has 5 N–H and O–H groups in total. The lowest BCUT2D eigenvalue weighted by atomic mass is 10.0. The molecule has 738 valence electrons. The first kappa shape index (κ1) is 99.6. The quantitative estimate of drug-likeness (QED) is 0.0371. The summed E-state index contributed by atoms with van der Waals surface area (Å²) >= 11 is 6.12. The van der Waals surface area contributed by atoms with Crippen molar-refractivity contribution < 1.29 is 0 Å². The number of hydrogen-bond acceptors (Lipinski definition) is 20. The Morgan fingerprint density at radius 2 is 0.767 bits per heavy atom. The Kier molecular flexibility index (Phi) is 29.5. The number of nitrogens with one attached hydrogen (secondary N) is 5. The molecule has 10 heterocycles. The highest BCUT2D eigenvalue weighted by Crippen LogP contribution is 2.47. The van der Waals surface area contributed by atoms with Crippen LogP contribution in [0.1, 0.15) is 159 Å². The third kappa shape index (κ3) is 22.3. The number of halogens is 1. The molecule has 0 radical (unpaired) electrons. The number of aromatic nitrogens is 18. The Balaban J connectivity index is 0.000000120. The second-order valence-electron chi connectivity index (χ2n) is 38.0. The molecule has 146 heavy (non-hydrogen) atoms. The molecule has 0 amide bonds. The van der Waals surface area contributed by atoms with E-state index in [4.69, 9.17) is 11.6 Å². The molecule has 0 saturated heterocycles. The third-order valence-corrected chi connectivity index (χ3v) is 27.8. The van der Waals surface area contributed by atoms with Crippen LogP contribution in [0.4, 0.5) is 17.2 Å². The van der Waals surface area contributed by atoms with Crippen molar-refractivity contribution in [2.24, 2.45) is 4.99 Å². The molecule has 1 aromatic heterocycles. The third-order valence-electron chi connectivity index (χ3n) is 27.4. The lowest BCUT2D eigenvalue weighted by Crippen LogP contribution is -2.42. The highest BCUT2D eigenvalue weighted by Gasteiger charge is 2.31. The van der Waals surface area contributed by atoms with E-state index < -0.39 is 45.0 Å². The summed E-state index contributed by atoms with van der Waals surface area (Å²) in [5.41, 5.74) is 25.1. The molecule has 30 heteroatoms. The molecule has 0 bridgehead atoms. The van der Waals surface area contributed by atoms with Gasteiger partial charge < -0.3 is 28.2 Å². The molecule has 1 fully saturated rings. The number of fused-ring (bicyclic) bond motifs is 11. The van der Waals surface area contributed by atoms with Crippen LogP contribution >= 0.6 is 11.6 Å². The maximum Gasteiger partial charge on any atom is 0.349 e. The number of hydrogen-bond donors (Lipinski definition) is 5. The van der Waals surface area contributed by atoms with E-state index in [-0.39, 0.29) is 28.3 Å². The van der Waals surface area contributed by atoms with E-state index in [1.54, 1.807) is 0 Å². The number of nitrogens with zero attached hydrogens (tertiary/aromatic N) is 15. The van der Waals surface area contributed by atoms with Crippen molar-refractivity contribution in [3.8, 4) is 46.1 Å². The molecule has 12 aromatic rings. The van der Waals surface area contributed by atoms with Crippen LogP contribution in [0.25, 0.3) is 108 Å². The van der Waals surface area contributed by atoms with Gasteiger partial charge in [-0.15, -0.1) is 0 Å². The first-order valence-corrected chi connectivity index (χ1v) is 50.0. The molecule has 0 spiro atoms. The van der Waals surface area contributed by atoms with E-state index in [1.165, 1.54) is 84.8 Å². The maximum absolute atomic E-state index is 12.5. The van der Waals surface area contributed by atoms with E-state index in [9.17, 15) is 43.2 Å². The minimum atomic E-state index is -0.658. The van der Waals surface area contributed by atoms with Crippen molar-refractivity contribution in [2.45, 2.75) is 198 Å². The molecule has 1 aliphatic carbocycles. The molecule has 1 saturated carbocycles. The molecule has 0 unspecified atom stereocenters. The number of anilines is 2. The molecular weight excluding hydrogens is 1850 g/mol. The lowest BCUT2D eigenvalue weighted by molar-refractivity contribution is 0.648. The van der Waals surface area contributed by atoms with Gasteiger partial charge in [0, 0.05) is 37.7 Å². The lowest BCUT2D eigenvalue weighted by Gasteiger charge is -2.29. The van der Waals surface area contributed by atoms with Gasteiger partial charge in [-0.25, -0.2) is 49.1 Å². The Labute approximate surface area is 844 Å². The van der Waals surface area contributed by atoms with Gasteiger partial charge in [0.2, 0.25) is 0 Å². The van der Waals surface area contributed by atoms with Gasteiger partial charge in [0.1, 0.15) is 5.48 Å². The van der Waals surface area contributed by atoms with Crippen LogP contribution in [0.3, 0.4) is 0 Å². The summed E-state index contributed by atoms with van der Waals surface area (Å²) in [6.45, 7) is 29.8. The number of H-pyrrole nitrogens is 5. The summed E-state index contributed by atoms with van der Waals surface area (Å²) < 4.78 is 7.81.